The van der Waals surface area contributed by atoms with Crippen LogP contribution in [0.4, 0.5) is 0 Å². The van der Waals surface area contributed by atoms with Crippen LogP contribution in [0.3, 0.4) is 0 Å². The average Bonchev–Trinajstić information content (AvgIpc) is 2.12. The van der Waals surface area contributed by atoms with Gasteiger partial charge in [0.25, 0.3) is 0 Å². The molecule has 0 fully saturated rings. The summed E-state index contributed by atoms with van der Waals surface area (Å²) in [5, 5.41) is 0. The van der Waals surface area contributed by atoms with E-state index < -0.39 is 0 Å². The van der Waals surface area contributed by atoms with Gasteiger partial charge in [0.05, 0.1) is 0 Å². The number of hydrogen-bond donors (Lipinski definition) is 0. The molecule has 80 valence electrons. The zero-order chi connectivity index (χ0) is 11.6. The molecule has 0 aliphatic rings. The molecule has 0 unspecified atom stereocenters. The number of carbonyl (C=O) groups excluding carboxylic acids is 2. The lowest BCUT2D eigenvalue weighted by molar-refractivity contribution is -0.131. The third-order valence-electron chi connectivity index (χ3n) is 2.37. The third kappa shape index (κ3) is 2.43. The maximum absolute atomic E-state index is 11.2. The molecule has 0 radical (unpaired) electrons. The summed E-state index contributed by atoms with van der Waals surface area (Å²) in [5.41, 5.74) is 2.36. The van der Waals surface area contributed by atoms with Crippen molar-refractivity contribution in [3.63, 3.8) is 0 Å². The smallest absolute Gasteiger partial charge is 0.308 e. The van der Waals surface area contributed by atoms with E-state index in [4.69, 9.17) is 4.74 Å². The lowest BCUT2D eigenvalue weighted by atomic mass is 10.00. The Bertz CT molecular complexity index is 419. The summed E-state index contributed by atoms with van der Waals surface area (Å²) in [7, 11) is 0. The van der Waals surface area contributed by atoms with E-state index in [2.05, 4.69) is 0 Å². The van der Waals surface area contributed by atoms with Crippen molar-refractivity contribution in [1.82, 2.24) is 0 Å². The first-order valence-corrected chi connectivity index (χ1v) is 4.73. The lowest BCUT2D eigenvalue weighted by Gasteiger charge is -2.10. The Morgan fingerprint density at radius 3 is 2.13 bits per heavy atom. The van der Waals surface area contributed by atoms with Gasteiger partial charge in [-0.25, -0.2) is 0 Å². The van der Waals surface area contributed by atoms with Crippen molar-refractivity contribution >= 4 is 11.8 Å². The molecule has 0 amide bonds. The van der Waals surface area contributed by atoms with E-state index in [1.54, 1.807) is 12.1 Å². The summed E-state index contributed by atoms with van der Waals surface area (Å²) >= 11 is 0. The van der Waals surface area contributed by atoms with Crippen molar-refractivity contribution in [2.45, 2.75) is 27.7 Å². The molecule has 0 N–H and O–H groups in total. The predicted molar refractivity (Wildman–Crippen MR) is 57.2 cm³/mol. The average molecular weight is 206 g/mol. The predicted octanol–water partition coefficient (Wildman–Crippen LogP) is 2.43. The second-order valence-electron chi connectivity index (χ2n) is 3.51. The summed E-state index contributed by atoms with van der Waals surface area (Å²) in [4.78, 5) is 22.1. The molecule has 0 saturated carbocycles. The van der Waals surface area contributed by atoms with E-state index in [-0.39, 0.29) is 11.8 Å². The van der Waals surface area contributed by atoms with Crippen LogP contribution in [0.25, 0.3) is 0 Å². The monoisotopic (exact) mass is 206 g/mol. The lowest BCUT2D eigenvalue weighted by Crippen LogP contribution is -2.05. The fourth-order valence-corrected chi connectivity index (χ4v) is 1.44. The van der Waals surface area contributed by atoms with Crippen LogP contribution in [0.5, 0.6) is 5.75 Å². The Hall–Kier alpha value is -1.64. The van der Waals surface area contributed by atoms with Crippen molar-refractivity contribution in [3.05, 3.63) is 28.8 Å². The van der Waals surface area contributed by atoms with Crippen molar-refractivity contribution in [1.29, 1.82) is 0 Å². The van der Waals surface area contributed by atoms with E-state index >= 15 is 0 Å². The van der Waals surface area contributed by atoms with Crippen molar-refractivity contribution in [2.75, 3.05) is 0 Å². The molecule has 0 aromatic heterocycles. The third-order valence-corrected chi connectivity index (χ3v) is 2.37. The first-order chi connectivity index (χ1) is 6.93. The van der Waals surface area contributed by atoms with Crippen LogP contribution in [0, 0.1) is 13.8 Å². The standard InChI is InChI=1S/C12H14O3/c1-7-8(2)12(15-10(4)14)6-5-11(7)9(3)13/h5-6H,1-4H3. The van der Waals surface area contributed by atoms with Gasteiger partial charge in [-0.15, -0.1) is 0 Å². The first-order valence-electron chi connectivity index (χ1n) is 4.73. The number of carbonyl (C=O) groups is 2. The van der Waals surface area contributed by atoms with Crippen LogP contribution in [0.1, 0.15) is 35.3 Å². The number of esters is 1. The quantitative estimate of drug-likeness (QED) is 0.424. The van der Waals surface area contributed by atoms with E-state index in [1.165, 1.54) is 13.8 Å². The molecular weight excluding hydrogens is 192 g/mol. The molecular formula is C12H14O3. The summed E-state index contributed by atoms with van der Waals surface area (Å²) in [5.74, 6) is 0.183. The molecule has 1 aromatic carbocycles. The molecule has 0 spiro atoms. The highest BCUT2D eigenvalue weighted by atomic mass is 16.5. The Labute approximate surface area is 89.1 Å². The minimum Gasteiger partial charge on any atom is -0.426 e. The number of benzene rings is 1. The number of rotatable bonds is 2. The Morgan fingerprint density at radius 1 is 1.07 bits per heavy atom. The molecule has 0 aliphatic heterocycles. The summed E-state index contributed by atoms with van der Waals surface area (Å²) < 4.78 is 5.01. The van der Waals surface area contributed by atoms with Gasteiger partial charge < -0.3 is 4.74 Å². The van der Waals surface area contributed by atoms with E-state index in [0.29, 0.717) is 11.3 Å². The van der Waals surface area contributed by atoms with E-state index in [9.17, 15) is 9.59 Å². The fourth-order valence-electron chi connectivity index (χ4n) is 1.44. The van der Waals surface area contributed by atoms with Gasteiger partial charge in [-0.2, -0.15) is 0 Å². The first kappa shape index (κ1) is 11.4. The fraction of sp³-hybridized carbons (Fsp3) is 0.333. The van der Waals surface area contributed by atoms with Crippen molar-refractivity contribution < 1.29 is 14.3 Å². The van der Waals surface area contributed by atoms with Crippen LogP contribution >= 0.6 is 0 Å². The molecule has 0 bridgehead atoms. The van der Waals surface area contributed by atoms with Gasteiger partial charge in [-0.1, -0.05) is 0 Å². The van der Waals surface area contributed by atoms with Crippen LogP contribution in [0.2, 0.25) is 0 Å². The van der Waals surface area contributed by atoms with Gasteiger partial charge in [0.2, 0.25) is 0 Å². The van der Waals surface area contributed by atoms with Crippen LogP contribution in [-0.2, 0) is 4.79 Å². The molecule has 1 rings (SSSR count). The second kappa shape index (κ2) is 4.26. The van der Waals surface area contributed by atoms with Crippen molar-refractivity contribution in [2.24, 2.45) is 0 Å². The highest BCUT2D eigenvalue weighted by Gasteiger charge is 2.11. The summed E-state index contributed by atoms with van der Waals surface area (Å²) in [6.45, 7) is 6.56. The zero-order valence-electron chi connectivity index (χ0n) is 9.38. The number of ether oxygens (including phenoxy) is 1. The summed E-state index contributed by atoms with van der Waals surface area (Å²) in [6, 6.07) is 3.34. The molecule has 0 atom stereocenters. The van der Waals surface area contributed by atoms with E-state index in [1.807, 2.05) is 13.8 Å². The highest BCUT2D eigenvalue weighted by Crippen LogP contribution is 2.24. The van der Waals surface area contributed by atoms with Crippen LogP contribution in [0.15, 0.2) is 12.1 Å². The Kier molecular flexibility index (Phi) is 3.24. The zero-order valence-corrected chi connectivity index (χ0v) is 9.38. The van der Waals surface area contributed by atoms with Gasteiger partial charge in [0.15, 0.2) is 5.78 Å². The summed E-state index contributed by atoms with van der Waals surface area (Å²) in [6.07, 6.45) is 0. The van der Waals surface area contributed by atoms with Gasteiger partial charge in [-0.05, 0) is 44.0 Å². The van der Waals surface area contributed by atoms with E-state index in [0.717, 1.165) is 11.1 Å². The largest absolute Gasteiger partial charge is 0.426 e. The number of ketones is 1. The molecule has 0 heterocycles. The highest BCUT2D eigenvalue weighted by molar-refractivity contribution is 5.96. The van der Waals surface area contributed by atoms with Crippen molar-refractivity contribution in [3.8, 4) is 5.75 Å². The maximum Gasteiger partial charge on any atom is 0.308 e. The number of Topliss-reactive ketones (excluding diaryl/α,β-unsaturated/α-hetero) is 1. The minimum absolute atomic E-state index is 0.0185. The molecule has 3 heteroatoms. The van der Waals surface area contributed by atoms with Gasteiger partial charge in [-0.3, -0.25) is 9.59 Å². The van der Waals surface area contributed by atoms with Crippen LogP contribution in [-0.4, -0.2) is 11.8 Å². The number of hydrogen-bond acceptors (Lipinski definition) is 3. The minimum atomic E-state index is -0.354. The molecule has 15 heavy (non-hydrogen) atoms. The maximum atomic E-state index is 11.2. The second-order valence-corrected chi connectivity index (χ2v) is 3.51. The van der Waals surface area contributed by atoms with Gasteiger partial charge >= 0.3 is 5.97 Å². The molecule has 3 nitrogen and oxygen atoms in total. The SMILES string of the molecule is CC(=O)Oc1ccc(C(C)=O)c(C)c1C. The normalized spacial score (nSPS) is 9.87. The Balaban J connectivity index is 3.21. The Morgan fingerprint density at radius 2 is 1.67 bits per heavy atom. The molecule has 0 aliphatic carbocycles. The molecule has 1 aromatic rings. The van der Waals surface area contributed by atoms with Crippen LogP contribution < -0.4 is 4.74 Å². The topological polar surface area (TPSA) is 43.4 Å². The van der Waals surface area contributed by atoms with Gasteiger partial charge in [0, 0.05) is 12.5 Å². The molecule has 0 saturated heterocycles. The van der Waals surface area contributed by atoms with Gasteiger partial charge in [0.1, 0.15) is 5.75 Å².